The van der Waals surface area contributed by atoms with Crippen LogP contribution in [0.25, 0.3) is 10.9 Å². The fraction of sp³-hybridized carbons (Fsp3) is 0.333. The number of carbonyl (C=O) groups excluding carboxylic acids is 1. The van der Waals surface area contributed by atoms with Gasteiger partial charge in [0.05, 0.1) is 39.6 Å². The van der Waals surface area contributed by atoms with Gasteiger partial charge in [0.25, 0.3) is 0 Å². The first-order valence-electron chi connectivity index (χ1n) is 14.0. The van der Waals surface area contributed by atoms with Crippen molar-refractivity contribution in [3.05, 3.63) is 83.0 Å². The lowest BCUT2D eigenvalue weighted by atomic mass is 9.88. The number of anilines is 1. The maximum Gasteiger partial charge on any atom is 0.319 e. The fourth-order valence-corrected chi connectivity index (χ4v) is 5.71. The van der Waals surface area contributed by atoms with Crippen LogP contribution in [-0.2, 0) is 12.8 Å². The topological polar surface area (TPSA) is 94.2 Å². The Kier molecular flexibility index (Phi) is 8.97. The van der Waals surface area contributed by atoms with E-state index in [2.05, 4.69) is 38.7 Å². The van der Waals surface area contributed by atoms with Gasteiger partial charge in [-0.1, -0.05) is 24.3 Å². The molecule has 0 bridgehead atoms. The van der Waals surface area contributed by atoms with Gasteiger partial charge in [0.1, 0.15) is 0 Å². The number of fused-ring (bicyclic) bond motifs is 2. The van der Waals surface area contributed by atoms with Crippen molar-refractivity contribution in [1.29, 1.82) is 0 Å². The van der Waals surface area contributed by atoms with Crippen LogP contribution < -0.4 is 29.6 Å². The number of ether oxygens (including phenoxy) is 4. The second kappa shape index (κ2) is 13.0. The zero-order valence-corrected chi connectivity index (χ0v) is 24.8. The van der Waals surface area contributed by atoms with Gasteiger partial charge in [-0.05, 0) is 72.9 Å². The monoisotopic (exact) mass is 570 g/mol. The number of amides is 2. The number of carbonyl (C=O) groups is 1. The molecule has 2 heterocycles. The molecule has 2 amide bonds. The van der Waals surface area contributed by atoms with Gasteiger partial charge >= 0.3 is 6.03 Å². The van der Waals surface area contributed by atoms with E-state index in [0.29, 0.717) is 30.3 Å². The number of rotatable bonds is 10. The summed E-state index contributed by atoms with van der Waals surface area (Å²) in [5.41, 5.74) is 5.99. The van der Waals surface area contributed by atoms with E-state index in [-0.39, 0.29) is 12.1 Å². The smallest absolute Gasteiger partial charge is 0.319 e. The average Bonchev–Trinajstić information content (AvgIpc) is 3.01. The molecule has 0 radical (unpaired) electrons. The molecule has 9 heteroatoms. The number of para-hydroxylation sites is 1. The van der Waals surface area contributed by atoms with Crippen LogP contribution >= 0.6 is 0 Å². The molecule has 0 aliphatic carbocycles. The van der Waals surface area contributed by atoms with Gasteiger partial charge in [-0.3, -0.25) is 9.88 Å². The third kappa shape index (κ3) is 6.21. The van der Waals surface area contributed by atoms with Crippen molar-refractivity contribution in [1.82, 2.24) is 15.2 Å². The molecule has 3 aromatic carbocycles. The van der Waals surface area contributed by atoms with E-state index in [9.17, 15) is 4.79 Å². The summed E-state index contributed by atoms with van der Waals surface area (Å²) in [5.74, 6) is 2.82. The predicted molar refractivity (Wildman–Crippen MR) is 164 cm³/mol. The minimum Gasteiger partial charge on any atom is -0.493 e. The normalized spacial score (nSPS) is 14.6. The Hall–Kier alpha value is -4.50. The quantitative estimate of drug-likeness (QED) is 0.259. The number of hydrogen-bond acceptors (Lipinski definition) is 7. The summed E-state index contributed by atoms with van der Waals surface area (Å²) in [6.45, 7) is 3.93. The molecule has 1 atom stereocenters. The minimum atomic E-state index is -0.244. The molecule has 4 aromatic rings. The molecule has 0 unspecified atom stereocenters. The van der Waals surface area contributed by atoms with Crippen LogP contribution in [0.5, 0.6) is 23.0 Å². The number of aryl methyl sites for hydroxylation is 1. The van der Waals surface area contributed by atoms with E-state index in [1.54, 1.807) is 28.4 Å². The number of aromatic nitrogens is 1. The molecular formula is C33H38N4O5. The molecule has 42 heavy (non-hydrogen) atoms. The number of nitrogens with zero attached hydrogens (tertiary/aromatic N) is 2. The van der Waals surface area contributed by atoms with Crippen LogP contribution in [0.2, 0.25) is 0 Å². The first kappa shape index (κ1) is 29.0. The first-order valence-corrected chi connectivity index (χ1v) is 14.0. The molecule has 9 nitrogen and oxygen atoms in total. The second-order valence-corrected chi connectivity index (χ2v) is 10.3. The molecule has 2 N–H and O–H groups in total. The van der Waals surface area contributed by atoms with Gasteiger partial charge in [-0.2, -0.15) is 0 Å². The highest BCUT2D eigenvalue weighted by Gasteiger charge is 2.29. The summed E-state index contributed by atoms with van der Waals surface area (Å²) >= 11 is 0. The van der Waals surface area contributed by atoms with Crippen molar-refractivity contribution in [2.75, 3.05) is 53.4 Å². The highest BCUT2D eigenvalue weighted by molar-refractivity contribution is 6.00. The second-order valence-electron chi connectivity index (χ2n) is 10.3. The highest BCUT2D eigenvalue weighted by atomic mass is 16.5. The summed E-state index contributed by atoms with van der Waals surface area (Å²) in [6.07, 6.45) is 1.61. The van der Waals surface area contributed by atoms with Gasteiger partial charge in [0, 0.05) is 36.8 Å². The van der Waals surface area contributed by atoms with Crippen LogP contribution in [0.3, 0.4) is 0 Å². The molecule has 0 spiro atoms. The molecule has 5 rings (SSSR count). The molecule has 1 aromatic heterocycles. The lowest BCUT2D eigenvalue weighted by molar-refractivity contribution is 0.183. The summed E-state index contributed by atoms with van der Waals surface area (Å²) < 4.78 is 22.3. The van der Waals surface area contributed by atoms with Gasteiger partial charge in [0.15, 0.2) is 23.0 Å². The van der Waals surface area contributed by atoms with E-state index in [4.69, 9.17) is 18.9 Å². The van der Waals surface area contributed by atoms with Crippen molar-refractivity contribution in [2.45, 2.75) is 25.8 Å². The lowest BCUT2D eigenvalue weighted by Crippen LogP contribution is -2.42. The fourth-order valence-electron chi connectivity index (χ4n) is 5.71. The van der Waals surface area contributed by atoms with E-state index in [1.807, 2.05) is 49.4 Å². The molecule has 1 aliphatic heterocycles. The first-order chi connectivity index (χ1) is 20.4. The van der Waals surface area contributed by atoms with Gasteiger partial charge in [-0.25, -0.2) is 4.79 Å². The van der Waals surface area contributed by atoms with E-state index in [1.165, 1.54) is 11.1 Å². The van der Waals surface area contributed by atoms with Crippen LogP contribution in [0.4, 0.5) is 10.5 Å². The Bertz CT molecular complexity index is 1570. The van der Waals surface area contributed by atoms with Gasteiger partial charge in [0.2, 0.25) is 0 Å². The molecule has 1 aliphatic rings. The number of nitrogens with one attached hydrogen (secondary N) is 2. The molecule has 0 saturated carbocycles. The van der Waals surface area contributed by atoms with Crippen LogP contribution in [0.1, 0.15) is 28.4 Å². The SMILES string of the molecule is COc1ccc(C[C@@H]2c3cc(OC)c(OC)cc3CCN2CCNC(=O)Nc2cc(C)nc3ccccc23)cc1OC. The molecule has 220 valence electrons. The van der Waals surface area contributed by atoms with E-state index >= 15 is 0 Å². The molecular weight excluding hydrogens is 532 g/mol. The third-order valence-electron chi connectivity index (χ3n) is 7.77. The highest BCUT2D eigenvalue weighted by Crippen LogP contribution is 2.40. The van der Waals surface area contributed by atoms with Crippen LogP contribution in [0.15, 0.2) is 60.7 Å². The summed E-state index contributed by atoms with van der Waals surface area (Å²) in [5, 5.41) is 6.98. The van der Waals surface area contributed by atoms with Crippen LogP contribution in [0, 0.1) is 6.92 Å². The Morgan fingerprint density at radius 2 is 1.62 bits per heavy atom. The van der Waals surface area contributed by atoms with Crippen molar-refractivity contribution in [3.8, 4) is 23.0 Å². The standard InChI is InChI=1S/C33H38N4O5/c1-21-16-27(24-8-6-7-9-26(24)35-21)36-33(38)34-13-15-37-14-12-23-19-31(41-4)32(42-5)20-25(23)28(37)17-22-10-11-29(39-2)30(18-22)40-3/h6-11,16,18-20,28H,12-15,17H2,1-5H3,(H2,34,35,36,38)/t28-/m1/s1. The predicted octanol–water partition coefficient (Wildman–Crippen LogP) is 5.54. The van der Waals surface area contributed by atoms with Gasteiger partial charge in [-0.15, -0.1) is 0 Å². The molecule has 0 fully saturated rings. The minimum absolute atomic E-state index is 0.0586. The average molecular weight is 571 g/mol. The summed E-state index contributed by atoms with van der Waals surface area (Å²) in [4.78, 5) is 19.9. The number of pyridine rings is 1. The third-order valence-corrected chi connectivity index (χ3v) is 7.77. The number of methoxy groups -OCH3 is 4. The zero-order chi connectivity index (χ0) is 29.6. The summed E-state index contributed by atoms with van der Waals surface area (Å²) in [7, 11) is 6.60. The summed E-state index contributed by atoms with van der Waals surface area (Å²) in [6, 6.07) is 19.7. The largest absolute Gasteiger partial charge is 0.493 e. The number of urea groups is 1. The van der Waals surface area contributed by atoms with E-state index < -0.39 is 0 Å². The van der Waals surface area contributed by atoms with E-state index in [0.717, 1.165) is 53.0 Å². The number of benzene rings is 3. The number of hydrogen-bond donors (Lipinski definition) is 2. The Labute approximate surface area is 246 Å². The Morgan fingerprint density at radius 1 is 0.905 bits per heavy atom. The van der Waals surface area contributed by atoms with Crippen molar-refractivity contribution >= 4 is 22.6 Å². The van der Waals surface area contributed by atoms with Crippen LogP contribution in [-0.4, -0.2) is 64.0 Å². The van der Waals surface area contributed by atoms with Gasteiger partial charge < -0.3 is 29.6 Å². The van der Waals surface area contributed by atoms with Crippen molar-refractivity contribution in [3.63, 3.8) is 0 Å². The zero-order valence-electron chi connectivity index (χ0n) is 24.8. The van der Waals surface area contributed by atoms with Crippen molar-refractivity contribution < 1.29 is 23.7 Å². The Morgan fingerprint density at radius 3 is 2.38 bits per heavy atom. The lowest BCUT2D eigenvalue weighted by Gasteiger charge is -2.38. The maximum atomic E-state index is 12.9. The maximum absolute atomic E-state index is 12.9. The Balaban J connectivity index is 1.34. The van der Waals surface area contributed by atoms with Crippen molar-refractivity contribution in [2.24, 2.45) is 0 Å². The molecule has 0 saturated heterocycles.